The summed E-state index contributed by atoms with van der Waals surface area (Å²) >= 11 is 5.85. The number of unbranched alkanes of at least 4 members (excludes halogenated alkanes) is 1. The minimum Gasteiger partial charge on any atom is -0.339 e. The number of hydrogen-bond donors (Lipinski definition) is 2. The maximum atomic E-state index is 13.2. The van der Waals surface area contributed by atoms with Crippen molar-refractivity contribution in [1.82, 2.24) is 15.5 Å². The van der Waals surface area contributed by atoms with Crippen molar-refractivity contribution in [2.45, 2.75) is 45.1 Å². The number of likely N-dealkylation sites (tertiary alicyclic amines) is 1. The molecular formula is C25H30ClF2N3O2. The molecule has 0 aromatic heterocycles. The molecule has 0 atom stereocenters. The van der Waals surface area contributed by atoms with Gasteiger partial charge in [0, 0.05) is 42.3 Å². The van der Waals surface area contributed by atoms with Crippen molar-refractivity contribution in [2.75, 3.05) is 19.6 Å². The van der Waals surface area contributed by atoms with Crippen molar-refractivity contribution >= 4 is 23.5 Å². The summed E-state index contributed by atoms with van der Waals surface area (Å²) in [5.41, 5.74) is 0.887. The van der Waals surface area contributed by atoms with Gasteiger partial charge in [-0.3, -0.25) is 4.79 Å². The monoisotopic (exact) mass is 477 g/mol. The number of piperidine rings is 1. The average Bonchev–Trinajstić information content (AvgIpc) is 2.83. The molecule has 0 bridgehead atoms. The minimum absolute atomic E-state index is 0.103. The zero-order chi connectivity index (χ0) is 23.6. The van der Waals surface area contributed by atoms with Crippen molar-refractivity contribution in [3.05, 3.63) is 70.2 Å². The highest BCUT2D eigenvalue weighted by Crippen LogP contribution is 2.27. The van der Waals surface area contributed by atoms with E-state index in [-0.39, 0.29) is 23.1 Å². The van der Waals surface area contributed by atoms with Crippen LogP contribution in [0.3, 0.4) is 0 Å². The lowest BCUT2D eigenvalue weighted by Crippen LogP contribution is -2.39. The molecule has 2 aromatic rings. The van der Waals surface area contributed by atoms with Gasteiger partial charge in [-0.2, -0.15) is 0 Å². The third-order valence-corrected chi connectivity index (χ3v) is 6.27. The molecule has 1 aliphatic heterocycles. The van der Waals surface area contributed by atoms with Crippen LogP contribution in [0.2, 0.25) is 5.02 Å². The summed E-state index contributed by atoms with van der Waals surface area (Å²) in [6, 6.07) is 13.1. The van der Waals surface area contributed by atoms with E-state index < -0.39 is 6.43 Å². The molecule has 0 radical (unpaired) electrons. The van der Waals surface area contributed by atoms with Crippen LogP contribution in [0.25, 0.3) is 0 Å². The first-order valence-corrected chi connectivity index (χ1v) is 11.7. The summed E-state index contributed by atoms with van der Waals surface area (Å²) < 4.78 is 26.4. The van der Waals surface area contributed by atoms with E-state index in [0.29, 0.717) is 37.1 Å². The van der Waals surface area contributed by atoms with Crippen LogP contribution >= 0.6 is 11.6 Å². The molecule has 1 fully saturated rings. The summed E-state index contributed by atoms with van der Waals surface area (Å²) in [5.74, 6) is 0.205. The molecule has 178 valence electrons. The van der Waals surface area contributed by atoms with E-state index in [1.54, 1.807) is 23.1 Å². The number of carbonyl (C=O) groups excluding carboxylic acids is 2. The zero-order valence-corrected chi connectivity index (χ0v) is 19.3. The van der Waals surface area contributed by atoms with Gasteiger partial charge in [-0.25, -0.2) is 13.6 Å². The number of hydrogen-bond acceptors (Lipinski definition) is 2. The molecule has 1 aliphatic rings. The van der Waals surface area contributed by atoms with Gasteiger partial charge >= 0.3 is 6.03 Å². The molecule has 0 saturated carbocycles. The fraction of sp³-hybridized carbons (Fsp3) is 0.440. The average molecular weight is 478 g/mol. The first kappa shape index (κ1) is 25.0. The molecule has 1 saturated heterocycles. The van der Waals surface area contributed by atoms with Crippen molar-refractivity contribution < 1.29 is 18.4 Å². The van der Waals surface area contributed by atoms with Gasteiger partial charge in [-0.1, -0.05) is 54.8 Å². The number of halogens is 3. The Labute approximate surface area is 198 Å². The van der Waals surface area contributed by atoms with Gasteiger partial charge in [0.05, 0.1) is 0 Å². The number of carbonyl (C=O) groups is 2. The van der Waals surface area contributed by atoms with Crippen LogP contribution in [0, 0.1) is 5.92 Å². The summed E-state index contributed by atoms with van der Waals surface area (Å²) in [6.45, 7) is 2.23. The quantitative estimate of drug-likeness (QED) is 0.448. The van der Waals surface area contributed by atoms with Crippen LogP contribution < -0.4 is 10.6 Å². The predicted molar refractivity (Wildman–Crippen MR) is 126 cm³/mol. The lowest BCUT2D eigenvalue weighted by atomic mass is 9.91. The Kier molecular flexibility index (Phi) is 9.48. The Morgan fingerprint density at radius 3 is 2.39 bits per heavy atom. The molecule has 1 heterocycles. The molecule has 0 aliphatic carbocycles. The van der Waals surface area contributed by atoms with Gasteiger partial charge in [-0.05, 0) is 48.9 Å². The Morgan fingerprint density at radius 2 is 1.70 bits per heavy atom. The van der Waals surface area contributed by atoms with Gasteiger partial charge < -0.3 is 15.5 Å². The molecule has 8 heteroatoms. The molecule has 2 N–H and O–H groups in total. The number of urea groups is 1. The van der Waals surface area contributed by atoms with E-state index in [4.69, 9.17) is 11.6 Å². The summed E-state index contributed by atoms with van der Waals surface area (Å²) in [6.07, 6.45) is 1.99. The van der Waals surface area contributed by atoms with Crippen LogP contribution in [-0.4, -0.2) is 36.5 Å². The lowest BCUT2D eigenvalue weighted by Gasteiger charge is -2.32. The number of alkyl halides is 2. The second-order valence-corrected chi connectivity index (χ2v) is 8.79. The van der Waals surface area contributed by atoms with Crippen LogP contribution in [-0.2, 0) is 6.54 Å². The number of nitrogens with one attached hydrogen (secondary N) is 2. The van der Waals surface area contributed by atoms with Crippen LogP contribution in [0.4, 0.5) is 13.6 Å². The normalized spacial score (nSPS) is 14.4. The smallest absolute Gasteiger partial charge is 0.315 e. The van der Waals surface area contributed by atoms with Crippen molar-refractivity contribution in [3.63, 3.8) is 0 Å². The van der Waals surface area contributed by atoms with Gasteiger partial charge in [0.2, 0.25) is 0 Å². The molecule has 3 amide bonds. The van der Waals surface area contributed by atoms with E-state index >= 15 is 0 Å². The van der Waals surface area contributed by atoms with Gasteiger partial charge in [0.25, 0.3) is 12.3 Å². The molecular weight excluding hydrogens is 448 g/mol. The minimum atomic E-state index is -2.66. The van der Waals surface area contributed by atoms with E-state index in [1.165, 1.54) is 18.2 Å². The van der Waals surface area contributed by atoms with Crippen LogP contribution in [0.1, 0.15) is 60.0 Å². The third kappa shape index (κ3) is 7.70. The van der Waals surface area contributed by atoms with Crippen molar-refractivity contribution in [1.29, 1.82) is 0 Å². The van der Waals surface area contributed by atoms with Crippen LogP contribution in [0.5, 0.6) is 0 Å². The first-order valence-electron chi connectivity index (χ1n) is 11.4. The Balaban J connectivity index is 1.29. The highest BCUT2D eigenvalue weighted by Gasteiger charge is 2.26. The van der Waals surface area contributed by atoms with Crippen molar-refractivity contribution in [2.24, 2.45) is 5.92 Å². The number of rotatable bonds is 9. The fourth-order valence-corrected chi connectivity index (χ4v) is 4.21. The first-order chi connectivity index (χ1) is 15.9. The largest absolute Gasteiger partial charge is 0.339 e. The molecule has 0 unspecified atom stereocenters. The molecule has 3 rings (SSSR count). The molecule has 2 aromatic carbocycles. The van der Waals surface area contributed by atoms with Crippen molar-refractivity contribution in [3.8, 4) is 0 Å². The molecule has 33 heavy (non-hydrogen) atoms. The predicted octanol–water partition coefficient (Wildman–Crippen LogP) is 5.80. The molecule has 5 nitrogen and oxygen atoms in total. The van der Waals surface area contributed by atoms with E-state index in [9.17, 15) is 18.4 Å². The SMILES string of the molecule is O=C(NCCCCC1CCN(C(=O)c2ccccc2C(F)F)CC1)NCc1ccc(Cl)cc1. The standard InChI is InChI=1S/C25H30ClF2N3O2/c26-20-10-8-19(9-11-20)17-30-25(33)29-14-4-3-5-18-12-15-31(16-13-18)24(32)22-7-2-1-6-21(22)23(27)28/h1-2,6-11,18,23H,3-5,12-17H2,(H2,29,30,33). The van der Waals surface area contributed by atoms with Gasteiger partial charge in [-0.15, -0.1) is 0 Å². The second-order valence-electron chi connectivity index (χ2n) is 8.36. The zero-order valence-electron chi connectivity index (χ0n) is 18.5. The van der Waals surface area contributed by atoms with E-state index in [2.05, 4.69) is 10.6 Å². The lowest BCUT2D eigenvalue weighted by molar-refractivity contribution is 0.0674. The Hall–Kier alpha value is -2.67. The summed E-state index contributed by atoms with van der Waals surface area (Å²) in [7, 11) is 0. The van der Waals surface area contributed by atoms with E-state index in [0.717, 1.165) is 37.7 Å². The number of amides is 3. The Bertz CT molecular complexity index is 916. The summed E-state index contributed by atoms with van der Waals surface area (Å²) in [5, 5.41) is 6.35. The summed E-state index contributed by atoms with van der Waals surface area (Å²) in [4.78, 5) is 26.3. The topological polar surface area (TPSA) is 61.4 Å². The highest BCUT2D eigenvalue weighted by atomic mass is 35.5. The maximum absolute atomic E-state index is 13.2. The van der Waals surface area contributed by atoms with E-state index in [1.807, 2.05) is 12.1 Å². The third-order valence-electron chi connectivity index (χ3n) is 6.02. The highest BCUT2D eigenvalue weighted by molar-refractivity contribution is 6.30. The van der Waals surface area contributed by atoms with Gasteiger partial charge in [0.1, 0.15) is 0 Å². The fourth-order valence-electron chi connectivity index (χ4n) is 4.08. The van der Waals surface area contributed by atoms with Gasteiger partial charge in [0.15, 0.2) is 0 Å². The van der Waals surface area contributed by atoms with Crippen LogP contribution in [0.15, 0.2) is 48.5 Å². The Morgan fingerprint density at radius 1 is 1.00 bits per heavy atom. The second kappa shape index (κ2) is 12.5. The molecule has 0 spiro atoms. The maximum Gasteiger partial charge on any atom is 0.315 e. The number of nitrogens with zero attached hydrogens (tertiary/aromatic N) is 1. The number of benzene rings is 2.